The summed E-state index contributed by atoms with van der Waals surface area (Å²) in [5, 5.41) is 62.4. The first-order valence-corrected chi connectivity index (χ1v) is 17.5. The molecule has 284 valence electrons. The van der Waals surface area contributed by atoms with Crippen molar-refractivity contribution in [1.29, 1.82) is 0 Å². The molecule has 5 rings (SSSR count). The Labute approximate surface area is 302 Å². The van der Waals surface area contributed by atoms with Crippen molar-refractivity contribution in [2.24, 2.45) is 22.7 Å². The zero-order valence-corrected chi connectivity index (χ0v) is 30.2. The number of terminal acetylenes is 1. The molecular formula is C38H49NO13. The highest BCUT2D eigenvalue weighted by atomic mass is 16.6. The fraction of sp³-hybridized carbons (Fsp3) is 0.632. The number of esters is 2. The van der Waals surface area contributed by atoms with E-state index in [1.165, 1.54) is 26.0 Å². The molecule has 14 nitrogen and oxygen atoms in total. The number of carbonyl (C=O) groups is 4. The third-order valence-electron chi connectivity index (χ3n) is 11.9. The van der Waals surface area contributed by atoms with E-state index in [-0.39, 0.29) is 42.8 Å². The topological polar surface area (TPSA) is 218 Å². The second-order valence-corrected chi connectivity index (χ2v) is 15.5. The normalized spacial score (nSPS) is 36.0. The molecule has 1 amide bonds. The van der Waals surface area contributed by atoms with Crippen LogP contribution in [0, 0.1) is 35.0 Å². The van der Waals surface area contributed by atoms with Crippen molar-refractivity contribution >= 4 is 23.8 Å². The summed E-state index contributed by atoms with van der Waals surface area (Å²) in [7, 11) is 0. The molecule has 6 N–H and O–H groups in total. The van der Waals surface area contributed by atoms with Crippen LogP contribution in [-0.2, 0) is 28.5 Å². The molecule has 0 aromatic heterocycles. The van der Waals surface area contributed by atoms with Crippen LogP contribution in [-0.4, -0.2) is 116 Å². The summed E-state index contributed by atoms with van der Waals surface area (Å²) in [6.07, 6.45) is -5.76. The molecule has 2 bridgehead atoms. The van der Waals surface area contributed by atoms with Crippen LogP contribution < -0.4 is 5.32 Å². The van der Waals surface area contributed by atoms with Gasteiger partial charge in [-0.05, 0) is 43.0 Å². The number of hydrogen-bond acceptors (Lipinski definition) is 13. The van der Waals surface area contributed by atoms with Gasteiger partial charge >= 0.3 is 18.0 Å². The molecule has 0 spiro atoms. The Kier molecular flexibility index (Phi) is 10.7. The highest BCUT2D eigenvalue weighted by Crippen LogP contribution is 2.63. The number of Topliss-reactive ketones (excluding diaryl/α,β-unsaturated/α-hetero) is 1. The fourth-order valence-corrected chi connectivity index (χ4v) is 8.72. The number of amides is 1. The third kappa shape index (κ3) is 6.21. The first-order chi connectivity index (χ1) is 24.3. The number of rotatable bonds is 9. The van der Waals surface area contributed by atoms with E-state index in [0.29, 0.717) is 0 Å². The van der Waals surface area contributed by atoms with E-state index in [0.717, 1.165) is 0 Å². The molecule has 1 aliphatic heterocycles. The van der Waals surface area contributed by atoms with Gasteiger partial charge in [-0.25, -0.2) is 14.4 Å². The van der Waals surface area contributed by atoms with Crippen molar-refractivity contribution in [1.82, 2.24) is 5.32 Å². The Balaban J connectivity index is 1.60. The van der Waals surface area contributed by atoms with Crippen molar-refractivity contribution < 1.29 is 63.7 Å². The number of hydrogen-bond donors (Lipinski definition) is 6. The van der Waals surface area contributed by atoms with Gasteiger partial charge in [-0.3, -0.25) is 4.79 Å². The van der Waals surface area contributed by atoms with Gasteiger partial charge in [0.25, 0.3) is 0 Å². The van der Waals surface area contributed by atoms with E-state index in [1.54, 1.807) is 45.9 Å². The summed E-state index contributed by atoms with van der Waals surface area (Å²) in [6, 6.07) is 6.68. The molecule has 52 heavy (non-hydrogen) atoms. The Morgan fingerprint density at radius 1 is 1.10 bits per heavy atom. The molecule has 1 aromatic rings. The van der Waals surface area contributed by atoms with Crippen LogP contribution in [0.3, 0.4) is 0 Å². The summed E-state index contributed by atoms with van der Waals surface area (Å²) in [4.78, 5) is 54.5. The summed E-state index contributed by atoms with van der Waals surface area (Å²) in [5.74, 6) is -2.68. The van der Waals surface area contributed by atoms with E-state index in [2.05, 4.69) is 11.2 Å². The Hall–Kier alpha value is -3.84. The second kappa shape index (κ2) is 14.2. The number of ketones is 1. The maximum absolute atomic E-state index is 14.6. The van der Waals surface area contributed by atoms with E-state index < -0.39 is 107 Å². The van der Waals surface area contributed by atoms with Crippen molar-refractivity contribution in [3.05, 3.63) is 47.0 Å². The van der Waals surface area contributed by atoms with Gasteiger partial charge in [0.15, 0.2) is 11.9 Å². The van der Waals surface area contributed by atoms with Crippen molar-refractivity contribution in [2.45, 2.75) is 115 Å². The van der Waals surface area contributed by atoms with Crippen LogP contribution in [0.4, 0.5) is 4.79 Å². The largest absolute Gasteiger partial charge is 0.456 e. The maximum atomic E-state index is 14.6. The predicted octanol–water partition coefficient (Wildman–Crippen LogP) is 1.20. The molecule has 3 aliphatic carbocycles. The van der Waals surface area contributed by atoms with Gasteiger partial charge in [0.1, 0.15) is 36.1 Å². The number of aliphatic hydroxyl groups excluding tert-OH is 3. The SMILES string of the molecule is C#CCCOC(=O)N[C@@H](C(C)C)[C@@H](O)C(=O)OC1C[C@@]2(O)[C@@H](OC(=O)c3ccccc3)[C@@H]3[C@]4(O)CO[C@@H]4C[C@H](O)[C@@]3(C)C(=O)[C@H](O)C(=C1C)C2(C)C. The number of benzene rings is 1. The molecule has 1 heterocycles. The van der Waals surface area contributed by atoms with Gasteiger partial charge in [-0.1, -0.05) is 45.9 Å². The lowest BCUT2D eigenvalue weighted by atomic mass is 9.44. The fourth-order valence-electron chi connectivity index (χ4n) is 8.72. The molecule has 4 aliphatic rings. The summed E-state index contributed by atoms with van der Waals surface area (Å²) in [5.41, 5.74) is -7.49. The first kappa shape index (κ1) is 39.4. The van der Waals surface area contributed by atoms with Gasteiger partial charge in [0.05, 0.1) is 35.8 Å². The summed E-state index contributed by atoms with van der Waals surface area (Å²) >= 11 is 0. The minimum atomic E-state index is -2.29. The van der Waals surface area contributed by atoms with Gasteiger partial charge in [-0.15, -0.1) is 12.3 Å². The standard InChI is InChI=1S/C38H49NO13/c1-8-9-15-49-34(46)39-26(19(2)3)28(42)33(45)51-22-17-38(48)31(52-32(44)21-13-11-10-12-14-21)29-36(7,23(40)16-24-37(29,47)18-50-24)30(43)27(41)25(20(22)4)35(38,5)6/h1,10-14,19,22-24,26-29,31,40-42,47-48H,9,15-18H2,2-7H3,(H,39,46)/t22?,23-,24+,26-,27+,28+,29-,31-,36+,37-,38+/m0/s1. The van der Waals surface area contributed by atoms with E-state index in [9.17, 15) is 44.7 Å². The van der Waals surface area contributed by atoms with Crippen molar-refractivity contribution in [3.63, 3.8) is 0 Å². The number of alkyl carbamates (subject to hydrolysis) is 1. The molecule has 3 fully saturated rings. The van der Waals surface area contributed by atoms with E-state index in [4.69, 9.17) is 25.4 Å². The number of ether oxygens (including phenoxy) is 4. The summed E-state index contributed by atoms with van der Waals surface area (Å²) in [6.45, 7) is 8.86. The second-order valence-electron chi connectivity index (χ2n) is 15.5. The van der Waals surface area contributed by atoms with Crippen molar-refractivity contribution in [3.8, 4) is 12.3 Å². The quantitative estimate of drug-likeness (QED) is 0.0694. The zero-order chi connectivity index (χ0) is 38.6. The molecule has 2 saturated carbocycles. The Morgan fingerprint density at radius 3 is 2.33 bits per heavy atom. The maximum Gasteiger partial charge on any atom is 0.407 e. The number of carbonyl (C=O) groups excluding carboxylic acids is 4. The minimum Gasteiger partial charge on any atom is -0.456 e. The van der Waals surface area contributed by atoms with Crippen molar-refractivity contribution in [2.75, 3.05) is 13.2 Å². The molecular weight excluding hydrogens is 678 g/mol. The van der Waals surface area contributed by atoms with Crippen LogP contribution in [0.15, 0.2) is 41.5 Å². The van der Waals surface area contributed by atoms with Gasteiger partial charge in [0, 0.05) is 30.6 Å². The van der Waals surface area contributed by atoms with Crippen LogP contribution in [0.2, 0.25) is 0 Å². The van der Waals surface area contributed by atoms with Crippen LogP contribution in [0.25, 0.3) is 0 Å². The monoisotopic (exact) mass is 727 g/mol. The molecule has 14 heteroatoms. The number of fused-ring (bicyclic) bond motifs is 5. The third-order valence-corrected chi connectivity index (χ3v) is 11.9. The number of aliphatic hydroxyl groups is 5. The lowest BCUT2D eigenvalue weighted by Gasteiger charge is -2.66. The average molecular weight is 728 g/mol. The van der Waals surface area contributed by atoms with Gasteiger partial charge in [0.2, 0.25) is 0 Å². The Bertz CT molecular complexity index is 1650. The molecule has 1 aromatic carbocycles. The van der Waals surface area contributed by atoms with Crippen LogP contribution >= 0.6 is 0 Å². The predicted molar refractivity (Wildman–Crippen MR) is 182 cm³/mol. The molecule has 1 unspecified atom stereocenters. The smallest absolute Gasteiger partial charge is 0.407 e. The minimum absolute atomic E-state index is 0.0410. The average Bonchev–Trinajstić information content (AvgIpc) is 3.09. The molecule has 0 radical (unpaired) electrons. The van der Waals surface area contributed by atoms with Gasteiger partial charge < -0.3 is 49.8 Å². The zero-order valence-electron chi connectivity index (χ0n) is 30.2. The van der Waals surface area contributed by atoms with Gasteiger partial charge in [-0.2, -0.15) is 0 Å². The lowest BCUT2D eigenvalue weighted by molar-refractivity contribution is -0.343. The van der Waals surface area contributed by atoms with E-state index in [1.807, 2.05) is 0 Å². The van der Waals surface area contributed by atoms with E-state index >= 15 is 0 Å². The van der Waals surface area contributed by atoms with Crippen LogP contribution in [0.1, 0.15) is 71.2 Å². The highest BCUT2D eigenvalue weighted by molar-refractivity contribution is 5.94. The number of nitrogens with one attached hydrogen (secondary N) is 1. The highest BCUT2D eigenvalue weighted by Gasteiger charge is 2.76. The molecule has 1 saturated heterocycles. The van der Waals surface area contributed by atoms with Crippen LogP contribution in [0.5, 0.6) is 0 Å². The lowest BCUT2D eigenvalue weighted by Crippen LogP contribution is -2.81. The first-order valence-electron chi connectivity index (χ1n) is 17.5. The summed E-state index contributed by atoms with van der Waals surface area (Å²) < 4.78 is 22.6. The molecule has 11 atom stereocenters. The Morgan fingerprint density at radius 2 is 1.75 bits per heavy atom.